The summed E-state index contributed by atoms with van der Waals surface area (Å²) in [5.41, 5.74) is 2.19. The Morgan fingerprint density at radius 2 is 2.10 bits per heavy atom. The number of hydrogen-bond donors (Lipinski definition) is 1. The molecule has 10 heavy (non-hydrogen) atoms. The number of para-hydroxylation sites is 1. The van der Waals surface area contributed by atoms with Gasteiger partial charge in [-0.15, -0.1) is 5.41 Å². The topological polar surface area (TPSA) is 34.3 Å². The lowest BCUT2D eigenvalue weighted by atomic mass is 10.2. The van der Waals surface area contributed by atoms with Gasteiger partial charge in [-0.05, 0) is 11.6 Å². The van der Waals surface area contributed by atoms with Gasteiger partial charge in [0, 0.05) is 12.1 Å². The van der Waals surface area contributed by atoms with Crippen molar-refractivity contribution >= 4 is 11.5 Å². The summed E-state index contributed by atoms with van der Waals surface area (Å²) in [5, 5.41) is 11.9. The molecule has 49 valence electrons. The van der Waals surface area contributed by atoms with E-state index in [-0.39, 0.29) is 0 Å². The van der Waals surface area contributed by atoms with E-state index in [9.17, 15) is 0 Å². The van der Waals surface area contributed by atoms with Crippen LogP contribution in [0.15, 0.2) is 24.3 Å². The van der Waals surface area contributed by atoms with Gasteiger partial charge in [-0.3, -0.25) is 0 Å². The van der Waals surface area contributed by atoms with Crippen LogP contribution in [0.25, 0.3) is 0 Å². The quantitative estimate of drug-likeness (QED) is 0.556. The highest BCUT2D eigenvalue weighted by Crippen LogP contribution is 2.20. The van der Waals surface area contributed by atoms with Crippen molar-refractivity contribution in [3.8, 4) is 0 Å². The van der Waals surface area contributed by atoms with Crippen LogP contribution in [-0.2, 0) is 6.42 Å². The van der Waals surface area contributed by atoms with Crippen molar-refractivity contribution in [2.24, 2.45) is 0 Å². The molecule has 1 aromatic rings. The summed E-state index contributed by atoms with van der Waals surface area (Å²) in [6, 6.07) is 7.88. The number of nitrogens with one attached hydrogen (secondary N) is 1. The minimum Gasteiger partial charge on any atom is -0.342 e. The number of hydrogen-bond acceptors (Lipinski definition) is 0. The summed E-state index contributed by atoms with van der Waals surface area (Å²) in [7, 11) is 0. The number of fused-ring (bicyclic) bond motifs is 1. The molecule has 0 saturated carbocycles. The van der Waals surface area contributed by atoms with Crippen LogP contribution in [0.3, 0.4) is 0 Å². The van der Waals surface area contributed by atoms with E-state index in [1.54, 1.807) is 0 Å². The van der Waals surface area contributed by atoms with E-state index in [1.165, 1.54) is 5.56 Å². The Labute approximate surface area is 59.4 Å². The van der Waals surface area contributed by atoms with Crippen LogP contribution < -0.4 is 10.7 Å². The lowest BCUT2D eigenvalue weighted by molar-refractivity contribution is 1.40. The molecule has 0 unspecified atom stereocenters. The van der Waals surface area contributed by atoms with Gasteiger partial charge >= 0.3 is 0 Å². The first kappa shape index (κ1) is 5.47. The van der Waals surface area contributed by atoms with Crippen LogP contribution in [0, 0.1) is 0 Å². The number of amidine groups is 1. The molecule has 0 fully saturated rings. The van der Waals surface area contributed by atoms with E-state index in [2.05, 4.69) is 5.32 Å². The first-order chi connectivity index (χ1) is 4.86. The van der Waals surface area contributed by atoms with Gasteiger partial charge in [-0.25, -0.2) is 0 Å². The van der Waals surface area contributed by atoms with Crippen molar-refractivity contribution in [3.05, 3.63) is 29.8 Å². The first-order valence-electron chi connectivity index (χ1n) is 3.26. The highest BCUT2D eigenvalue weighted by Gasteiger charge is 2.12. The third-order valence-corrected chi connectivity index (χ3v) is 1.65. The Balaban J connectivity index is 2.51. The highest BCUT2D eigenvalue weighted by atomic mass is 15.0. The molecule has 1 aromatic carbocycles. The Kier molecular flexibility index (Phi) is 1.01. The first-order valence-corrected chi connectivity index (χ1v) is 3.26. The zero-order valence-electron chi connectivity index (χ0n) is 5.46. The molecular formula is C8H7N2. The van der Waals surface area contributed by atoms with Gasteiger partial charge in [0.15, 0.2) is 0 Å². The van der Waals surface area contributed by atoms with Crippen molar-refractivity contribution in [1.82, 2.24) is 5.41 Å². The predicted octanol–water partition coefficient (Wildman–Crippen LogP) is 0.853. The number of nitrogens with zero attached hydrogens (tertiary/aromatic N) is 1. The second kappa shape index (κ2) is 1.84. The average Bonchev–Trinajstić information content (AvgIpc) is 2.27. The normalized spacial score (nSPS) is 14.6. The van der Waals surface area contributed by atoms with E-state index < -0.39 is 0 Å². The maximum Gasteiger partial charge on any atom is 0.133 e. The highest BCUT2D eigenvalue weighted by molar-refractivity contribution is 6.01. The second-order valence-corrected chi connectivity index (χ2v) is 2.41. The van der Waals surface area contributed by atoms with Crippen LogP contribution >= 0.6 is 0 Å². The molecule has 1 radical (unpaired) electrons. The van der Waals surface area contributed by atoms with Gasteiger partial charge in [0.2, 0.25) is 0 Å². The molecule has 0 spiro atoms. The van der Waals surface area contributed by atoms with Gasteiger partial charge < -0.3 is 5.32 Å². The van der Waals surface area contributed by atoms with Crippen LogP contribution in [0.2, 0.25) is 0 Å². The molecule has 0 aromatic heterocycles. The molecular weight excluding hydrogens is 124 g/mol. The van der Waals surface area contributed by atoms with E-state index in [4.69, 9.17) is 5.41 Å². The monoisotopic (exact) mass is 131 g/mol. The molecule has 1 aliphatic rings. The Bertz CT molecular complexity index is 251. The Hall–Kier alpha value is -1.31. The lowest BCUT2D eigenvalue weighted by Crippen LogP contribution is -2.05. The minimum atomic E-state index is 0.348. The van der Waals surface area contributed by atoms with E-state index in [0.717, 1.165) is 5.69 Å². The molecule has 0 atom stereocenters. The zero-order valence-corrected chi connectivity index (χ0v) is 5.46. The summed E-state index contributed by atoms with van der Waals surface area (Å²) < 4.78 is 0. The van der Waals surface area contributed by atoms with Gasteiger partial charge in [-0.2, -0.15) is 0 Å². The fourth-order valence-corrected chi connectivity index (χ4v) is 1.18. The standard InChI is InChI=1S/C8H7N2/c9-8-5-6-3-1-2-4-7(6)10-8/h1-4,10H,5H2. The number of anilines is 1. The van der Waals surface area contributed by atoms with Gasteiger partial charge in [-0.1, -0.05) is 18.2 Å². The number of rotatable bonds is 0. The smallest absolute Gasteiger partial charge is 0.133 e. The van der Waals surface area contributed by atoms with Crippen LogP contribution in [0.1, 0.15) is 5.56 Å². The maximum absolute atomic E-state index is 9.06. The largest absolute Gasteiger partial charge is 0.342 e. The fraction of sp³-hybridized carbons (Fsp3) is 0.125. The summed E-state index contributed by atoms with van der Waals surface area (Å²) in [5.74, 6) is 0.348. The van der Waals surface area contributed by atoms with Gasteiger partial charge in [0.1, 0.15) is 5.84 Å². The van der Waals surface area contributed by atoms with E-state index in [0.29, 0.717) is 12.3 Å². The van der Waals surface area contributed by atoms with E-state index in [1.807, 2.05) is 24.3 Å². The lowest BCUT2D eigenvalue weighted by Gasteiger charge is -1.93. The van der Waals surface area contributed by atoms with Crippen LogP contribution in [0.5, 0.6) is 0 Å². The summed E-state index contributed by atoms with van der Waals surface area (Å²) in [4.78, 5) is 0. The third kappa shape index (κ3) is 0.692. The second-order valence-electron chi connectivity index (χ2n) is 2.41. The van der Waals surface area contributed by atoms with Crippen LogP contribution in [-0.4, -0.2) is 5.84 Å². The molecule has 1 N–H and O–H groups in total. The third-order valence-electron chi connectivity index (χ3n) is 1.65. The fourth-order valence-electron chi connectivity index (χ4n) is 1.18. The molecule has 0 saturated heterocycles. The molecule has 2 nitrogen and oxygen atoms in total. The molecule has 0 bridgehead atoms. The zero-order chi connectivity index (χ0) is 6.97. The number of benzene rings is 1. The summed E-state index contributed by atoms with van der Waals surface area (Å²) in [6.07, 6.45) is 0.649. The van der Waals surface area contributed by atoms with E-state index >= 15 is 0 Å². The average molecular weight is 131 g/mol. The van der Waals surface area contributed by atoms with Gasteiger partial charge in [0.25, 0.3) is 0 Å². The van der Waals surface area contributed by atoms with Crippen molar-refractivity contribution in [3.63, 3.8) is 0 Å². The van der Waals surface area contributed by atoms with Crippen molar-refractivity contribution in [1.29, 1.82) is 0 Å². The Morgan fingerprint density at radius 1 is 1.30 bits per heavy atom. The van der Waals surface area contributed by atoms with Crippen molar-refractivity contribution < 1.29 is 0 Å². The maximum atomic E-state index is 9.06. The molecule has 2 rings (SSSR count). The molecule has 0 aliphatic carbocycles. The Morgan fingerprint density at radius 3 is 2.90 bits per heavy atom. The van der Waals surface area contributed by atoms with Crippen LogP contribution in [0.4, 0.5) is 5.69 Å². The SMILES string of the molecule is [N]=C1Cc2ccccc2N1. The molecule has 1 heterocycles. The predicted molar refractivity (Wildman–Crippen MR) is 40.9 cm³/mol. The summed E-state index contributed by atoms with van der Waals surface area (Å²) in [6.45, 7) is 0. The van der Waals surface area contributed by atoms with Gasteiger partial charge in [0.05, 0.1) is 0 Å². The molecule has 0 amide bonds. The van der Waals surface area contributed by atoms with Crippen molar-refractivity contribution in [2.75, 3.05) is 5.32 Å². The molecule has 2 heteroatoms. The summed E-state index contributed by atoms with van der Waals surface area (Å²) >= 11 is 0. The molecule has 1 aliphatic heterocycles. The van der Waals surface area contributed by atoms with Crippen molar-refractivity contribution in [2.45, 2.75) is 6.42 Å². The minimum absolute atomic E-state index is 0.348.